The highest BCUT2D eigenvalue weighted by Crippen LogP contribution is 2.15. The van der Waals surface area contributed by atoms with Gasteiger partial charge in [0.15, 0.2) is 5.90 Å². The number of aliphatic imine (C=N–C) groups is 1. The first-order valence-electron chi connectivity index (χ1n) is 4.58. The third-order valence-electron chi connectivity index (χ3n) is 1.89. The molecule has 0 atom stereocenters. The van der Waals surface area contributed by atoms with Crippen LogP contribution in [0.25, 0.3) is 0 Å². The van der Waals surface area contributed by atoms with E-state index in [-0.39, 0.29) is 0 Å². The van der Waals surface area contributed by atoms with E-state index in [4.69, 9.17) is 4.74 Å². The Balaban J connectivity index is 2.73. The Morgan fingerprint density at radius 1 is 1.50 bits per heavy atom. The van der Waals surface area contributed by atoms with E-state index in [0.29, 0.717) is 5.92 Å². The second-order valence-electron chi connectivity index (χ2n) is 3.41. The van der Waals surface area contributed by atoms with Gasteiger partial charge in [-0.25, -0.2) is 4.99 Å². The van der Waals surface area contributed by atoms with Crippen LogP contribution in [0.2, 0.25) is 0 Å². The second-order valence-corrected chi connectivity index (χ2v) is 3.41. The van der Waals surface area contributed by atoms with Crippen molar-refractivity contribution in [2.24, 2.45) is 10.9 Å². The number of rotatable bonds is 1. The van der Waals surface area contributed by atoms with E-state index in [0.717, 1.165) is 31.0 Å². The number of hydrogen-bond acceptors (Lipinski definition) is 2. The zero-order valence-corrected chi connectivity index (χ0v) is 8.13. The summed E-state index contributed by atoms with van der Waals surface area (Å²) in [4.78, 5) is 4.39. The van der Waals surface area contributed by atoms with Crippen LogP contribution in [0, 0.1) is 5.92 Å². The highest BCUT2D eigenvalue weighted by atomic mass is 16.5. The molecular weight excluding hydrogens is 150 g/mol. The minimum Gasteiger partial charge on any atom is -0.481 e. The fraction of sp³-hybridized carbons (Fsp3) is 0.700. The van der Waals surface area contributed by atoms with E-state index in [2.05, 4.69) is 24.9 Å². The van der Waals surface area contributed by atoms with E-state index in [1.807, 2.05) is 6.92 Å². The van der Waals surface area contributed by atoms with Gasteiger partial charge in [0, 0.05) is 12.6 Å². The zero-order chi connectivity index (χ0) is 8.97. The monoisotopic (exact) mass is 167 g/mol. The maximum Gasteiger partial charge on any atom is 0.184 e. The lowest BCUT2D eigenvalue weighted by Crippen LogP contribution is -2.06. The third kappa shape index (κ3) is 2.68. The quantitative estimate of drug-likeness (QED) is 0.588. The molecule has 0 saturated heterocycles. The zero-order valence-electron chi connectivity index (χ0n) is 8.13. The van der Waals surface area contributed by atoms with Crippen molar-refractivity contribution < 1.29 is 4.74 Å². The molecule has 68 valence electrons. The predicted octanol–water partition coefficient (Wildman–Crippen LogP) is 2.76. The van der Waals surface area contributed by atoms with Gasteiger partial charge in [0.1, 0.15) is 0 Å². The van der Waals surface area contributed by atoms with Gasteiger partial charge in [0.05, 0.1) is 6.61 Å². The Bertz CT molecular complexity index is 204. The van der Waals surface area contributed by atoms with Crippen molar-refractivity contribution in [1.82, 2.24) is 0 Å². The van der Waals surface area contributed by atoms with Gasteiger partial charge in [-0.05, 0) is 18.8 Å². The summed E-state index contributed by atoms with van der Waals surface area (Å²) < 4.78 is 5.37. The lowest BCUT2D eigenvalue weighted by molar-refractivity contribution is 0.293. The Labute approximate surface area is 74.3 Å². The summed E-state index contributed by atoms with van der Waals surface area (Å²) in [6.45, 7) is 7.03. The van der Waals surface area contributed by atoms with Crippen LogP contribution in [0.1, 0.15) is 33.6 Å². The summed E-state index contributed by atoms with van der Waals surface area (Å²) in [5.41, 5.74) is 1.16. The van der Waals surface area contributed by atoms with Crippen molar-refractivity contribution in [3.05, 3.63) is 11.8 Å². The number of allylic oxidation sites excluding steroid dienone is 2. The fourth-order valence-electron chi connectivity index (χ4n) is 1.18. The van der Waals surface area contributed by atoms with Gasteiger partial charge in [-0.1, -0.05) is 19.9 Å². The van der Waals surface area contributed by atoms with Gasteiger partial charge in [0.2, 0.25) is 0 Å². The molecule has 1 heterocycles. The van der Waals surface area contributed by atoms with Gasteiger partial charge in [-0.2, -0.15) is 0 Å². The van der Waals surface area contributed by atoms with Crippen LogP contribution in [0.5, 0.6) is 0 Å². The van der Waals surface area contributed by atoms with Crippen molar-refractivity contribution in [3.8, 4) is 0 Å². The van der Waals surface area contributed by atoms with Crippen LogP contribution in [0.4, 0.5) is 0 Å². The molecule has 1 aliphatic heterocycles. The molecule has 0 radical (unpaired) electrons. The van der Waals surface area contributed by atoms with Crippen LogP contribution < -0.4 is 0 Å². The SMILES string of the molecule is C/C1=N/C(C(C)C)=C/CCCO1. The Hall–Kier alpha value is -0.790. The predicted molar refractivity (Wildman–Crippen MR) is 51.2 cm³/mol. The van der Waals surface area contributed by atoms with Crippen molar-refractivity contribution in [3.63, 3.8) is 0 Å². The maximum atomic E-state index is 5.37. The third-order valence-corrected chi connectivity index (χ3v) is 1.89. The van der Waals surface area contributed by atoms with E-state index >= 15 is 0 Å². The van der Waals surface area contributed by atoms with Gasteiger partial charge in [-0.3, -0.25) is 0 Å². The molecule has 1 aliphatic rings. The summed E-state index contributed by atoms with van der Waals surface area (Å²) in [5, 5.41) is 0. The summed E-state index contributed by atoms with van der Waals surface area (Å²) in [6.07, 6.45) is 4.41. The minimum absolute atomic E-state index is 0.502. The van der Waals surface area contributed by atoms with Gasteiger partial charge < -0.3 is 4.74 Å². The highest BCUT2D eigenvalue weighted by Gasteiger charge is 2.04. The number of nitrogens with zero attached hydrogens (tertiary/aromatic N) is 1. The summed E-state index contributed by atoms with van der Waals surface area (Å²) >= 11 is 0. The number of ether oxygens (including phenoxy) is 1. The van der Waals surface area contributed by atoms with Crippen LogP contribution in [0.15, 0.2) is 16.8 Å². The Morgan fingerprint density at radius 2 is 2.25 bits per heavy atom. The Morgan fingerprint density at radius 3 is 2.92 bits per heavy atom. The lowest BCUT2D eigenvalue weighted by atomic mass is 10.1. The topological polar surface area (TPSA) is 21.6 Å². The summed E-state index contributed by atoms with van der Waals surface area (Å²) in [7, 11) is 0. The Kier molecular flexibility index (Phi) is 3.32. The lowest BCUT2D eigenvalue weighted by Gasteiger charge is -2.12. The average Bonchev–Trinajstić information content (AvgIpc) is 1.95. The molecule has 0 aliphatic carbocycles. The van der Waals surface area contributed by atoms with Gasteiger partial charge in [0.25, 0.3) is 0 Å². The smallest absolute Gasteiger partial charge is 0.184 e. The molecule has 2 heteroatoms. The summed E-state index contributed by atoms with van der Waals surface area (Å²) in [6, 6.07) is 0. The normalized spacial score (nSPS) is 27.7. The van der Waals surface area contributed by atoms with Crippen LogP contribution in [0.3, 0.4) is 0 Å². The second kappa shape index (κ2) is 4.29. The van der Waals surface area contributed by atoms with Crippen molar-refractivity contribution in [2.45, 2.75) is 33.6 Å². The van der Waals surface area contributed by atoms with Crippen LogP contribution in [-0.4, -0.2) is 12.5 Å². The van der Waals surface area contributed by atoms with Gasteiger partial charge >= 0.3 is 0 Å². The molecule has 0 amide bonds. The van der Waals surface area contributed by atoms with Crippen molar-refractivity contribution in [2.75, 3.05) is 6.61 Å². The molecule has 0 aromatic carbocycles. The molecule has 2 nitrogen and oxygen atoms in total. The molecule has 0 N–H and O–H groups in total. The van der Waals surface area contributed by atoms with E-state index in [1.54, 1.807) is 0 Å². The first-order chi connectivity index (χ1) is 5.70. The van der Waals surface area contributed by atoms with Gasteiger partial charge in [-0.15, -0.1) is 0 Å². The van der Waals surface area contributed by atoms with E-state index < -0.39 is 0 Å². The molecule has 0 bridgehead atoms. The molecular formula is C10H17NO. The molecule has 0 unspecified atom stereocenters. The fourth-order valence-corrected chi connectivity index (χ4v) is 1.18. The molecule has 12 heavy (non-hydrogen) atoms. The average molecular weight is 167 g/mol. The maximum absolute atomic E-state index is 5.37. The molecule has 0 spiro atoms. The van der Waals surface area contributed by atoms with Crippen molar-refractivity contribution in [1.29, 1.82) is 0 Å². The molecule has 1 rings (SSSR count). The van der Waals surface area contributed by atoms with E-state index in [1.165, 1.54) is 0 Å². The molecule has 0 fully saturated rings. The summed E-state index contributed by atoms with van der Waals surface area (Å²) in [5.74, 6) is 1.30. The number of hydrogen-bond donors (Lipinski definition) is 0. The highest BCUT2D eigenvalue weighted by molar-refractivity contribution is 5.74. The van der Waals surface area contributed by atoms with Crippen molar-refractivity contribution >= 4 is 5.90 Å². The van der Waals surface area contributed by atoms with E-state index in [9.17, 15) is 0 Å². The first kappa shape index (κ1) is 9.30. The molecule has 0 aromatic heterocycles. The largest absolute Gasteiger partial charge is 0.481 e. The minimum atomic E-state index is 0.502. The molecule has 0 aromatic rings. The van der Waals surface area contributed by atoms with Crippen LogP contribution >= 0.6 is 0 Å². The first-order valence-corrected chi connectivity index (χ1v) is 4.58. The standard InChI is InChI=1S/C10H17NO/c1-8(2)10-6-4-5-7-12-9(3)11-10/h6,8H,4-5,7H2,1-3H3/b10-6+,11-9-. The van der Waals surface area contributed by atoms with Crippen LogP contribution in [-0.2, 0) is 4.74 Å². The molecule has 0 saturated carbocycles.